The third kappa shape index (κ3) is 6.04. The molecular weight excluding hydrogens is 426 g/mol. The van der Waals surface area contributed by atoms with Crippen LogP contribution in [0.4, 0.5) is 14.5 Å². The first-order valence-corrected chi connectivity index (χ1v) is 9.18. The second-order valence-corrected chi connectivity index (χ2v) is 6.61. The number of esters is 1. The third-order valence-electron chi connectivity index (χ3n) is 3.61. The minimum atomic E-state index is -3.21. The highest BCUT2D eigenvalue weighted by molar-refractivity contribution is 8.00. The van der Waals surface area contributed by atoms with Crippen LogP contribution in [-0.4, -0.2) is 36.3 Å². The van der Waals surface area contributed by atoms with Crippen LogP contribution in [0, 0.1) is 10.1 Å². The van der Waals surface area contributed by atoms with Crippen molar-refractivity contribution in [3.05, 3.63) is 57.6 Å². The summed E-state index contributed by atoms with van der Waals surface area (Å²) in [6, 6.07) is 8.12. The van der Waals surface area contributed by atoms with E-state index in [9.17, 15) is 28.5 Å². The highest BCUT2D eigenvalue weighted by atomic mass is 32.2. The van der Waals surface area contributed by atoms with Crippen molar-refractivity contribution in [2.45, 2.75) is 18.1 Å². The minimum absolute atomic E-state index is 0.0570. The molecule has 0 saturated carbocycles. The third-order valence-corrected chi connectivity index (χ3v) is 4.71. The molecule has 0 spiro atoms. The predicted octanol–water partition coefficient (Wildman–Crippen LogP) is 3.14. The number of halogens is 2. The van der Waals surface area contributed by atoms with Gasteiger partial charge >= 0.3 is 12.6 Å². The summed E-state index contributed by atoms with van der Waals surface area (Å²) in [5.74, 6) is -2.15. The number of nitro groups is 1. The quantitative estimate of drug-likeness (QED) is 0.257. The predicted molar refractivity (Wildman–Crippen MR) is 102 cm³/mol. The fraction of sp³-hybridized carbons (Fsp3) is 0.222. The number of nitro benzene ring substituents is 1. The Kier molecular flexibility index (Phi) is 7.92. The topological polar surface area (TPSA) is 131 Å². The number of nitrogens with zero attached hydrogens (tertiary/aromatic N) is 1. The number of nitrogens with two attached hydrogens (primary N) is 1. The summed E-state index contributed by atoms with van der Waals surface area (Å²) in [5.41, 5.74) is 4.57. The Labute approximate surface area is 173 Å². The van der Waals surface area contributed by atoms with E-state index in [-0.39, 0.29) is 22.6 Å². The molecule has 2 aromatic rings. The number of hydrogen-bond acceptors (Lipinski definition) is 8. The summed E-state index contributed by atoms with van der Waals surface area (Å²) in [6.07, 6.45) is 0. The van der Waals surface area contributed by atoms with Crippen molar-refractivity contribution in [2.24, 2.45) is 5.73 Å². The van der Waals surface area contributed by atoms with E-state index in [0.29, 0.717) is 4.90 Å². The Bertz CT molecular complexity index is 956. The summed E-state index contributed by atoms with van der Waals surface area (Å²) in [6.45, 7) is -3.74. The van der Waals surface area contributed by atoms with Crippen LogP contribution in [0.5, 0.6) is 11.5 Å². The van der Waals surface area contributed by atoms with Crippen LogP contribution in [0.2, 0.25) is 0 Å². The molecule has 0 atom stereocenters. The van der Waals surface area contributed by atoms with Crippen molar-refractivity contribution in [1.29, 1.82) is 0 Å². The second-order valence-electron chi connectivity index (χ2n) is 5.59. The van der Waals surface area contributed by atoms with Gasteiger partial charge in [-0.2, -0.15) is 8.78 Å². The van der Waals surface area contributed by atoms with Crippen LogP contribution < -0.4 is 15.2 Å². The Balaban J connectivity index is 2.25. The summed E-state index contributed by atoms with van der Waals surface area (Å²) < 4.78 is 39.3. The highest BCUT2D eigenvalue weighted by Gasteiger charge is 2.23. The van der Waals surface area contributed by atoms with E-state index in [1.807, 2.05) is 0 Å². The van der Waals surface area contributed by atoms with E-state index in [0.717, 1.165) is 23.9 Å². The Morgan fingerprint density at radius 2 is 1.93 bits per heavy atom. The Hall–Kier alpha value is -3.41. The van der Waals surface area contributed by atoms with Gasteiger partial charge in [-0.1, -0.05) is 12.1 Å². The molecule has 0 radical (unpaired) electrons. The molecule has 0 bridgehead atoms. The molecule has 0 aliphatic carbocycles. The lowest BCUT2D eigenvalue weighted by Crippen LogP contribution is -2.14. The van der Waals surface area contributed by atoms with Crippen molar-refractivity contribution >= 4 is 29.3 Å². The van der Waals surface area contributed by atoms with Gasteiger partial charge in [0.2, 0.25) is 5.91 Å². The van der Waals surface area contributed by atoms with Crippen molar-refractivity contribution in [3.8, 4) is 11.5 Å². The van der Waals surface area contributed by atoms with Crippen LogP contribution in [0.25, 0.3) is 0 Å². The molecule has 160 valence electrons. The van der Waals surface area contributed by atoms with E-state index in [1.54, 1.807) is 18.2 Å². The number of alkyl halides is 2. The molecule has 2 aromatic carbocycles. The van der Waals surface area contributed by atoms with E-state index < -0.39 is 41.5 Å². The lowest BCUT2D eigenvalue weighted by molar-refractivity contribution is -0.386. The van der Waals surface area contributed by atoms with E-state index >= 15 is 0 Å². The van der Waals surface area contributed by atoms with Crippen molar-refractivity contribution in [2.75, 3.05) is 12.9 Å². The lowest BCUT2D eigenvalue weighted by Gasteiger charge is -2.13. The van der Waals surface area contributed by atoms with Crippen LogP contribution >= 0.6 is 11.8 Å². The number of ether oxygens (including phenoxy) is 3. The molecule has 12 heteroatoms. The van der Waals surface area contributed by atoms with Gasteiger partial charge in [0, 0.05) is 4.90 Å². The first kappa shape index (κ1) is 22.9. The second kappa shape index (κ2) is 10.4. The zero-order valence-electron chi connectivity index (χ0n) is 15.5. The zero-order chi connectivity index (χ0) is 22.3. The molecule has 0 unspecified atom stereocenters. The number of carbonyl (C=O) groups excluding carboxylic acids is 2. The largest absolute Gasteiger partial charge is 0.493 e. The molecule has 0 saturated heterocycles. The van der Waals surface area contributed by atoms with Crippen LogP contribution in [-0.2, 0) is 16.1 Å². The molecule has 30 heavy (non-hydrogen) atoms. The molecule has 1 amide bonds. The van der Waals surface area contributed by atoms with Gasteiger partial charge in [-0.3, -0.25) is 14.9 Å². The maximum Gasteiger partial charge on any atom is 0.387 e. The lowest BCUT2D eigenvalue weighted by atomic mass is 10.1. The normalized spacial score (nSPS) is 10.5. The molecule has 2 rings (SSSR count). The molecule has 0 aliphatic rings. The molecule has 0 aromatic heterocycles. The summed E-state index contributed by atoms with van der Waals surface area (Å²) in [7, 11) is 1.17. The average Bonchev–Trinajstić information content (AvgIpc) is 2.70. The summed E-state index contributed by atoms with van der Waals surface area (Å²) in [5, 5.41) is 11.3. The minimum Gasteiger partial charge on any atom is -0.493 e. The first-order chi connectivity index (χ1) is 14.2. The van der Waals surface area contributed by atoms with Gasteiger partial charge in [0.15, 0.2) is 11.5 Å². The van der Waals surface area contributed by atoms with Gasteiger partial charge in [-0.25, -0.2) is 4.79 Å². The van der Waals surface area contributed by atoms with Gasteiger partial charge in [0.05, 0.1) is 35.0 Å². The van der Waals surface area contributed by atoms with E-state index in [4.69, 9.17) is 15.2 Å². The monoisotopic (exact) mass is 442 g/mol. The summed E-state index contributed by atoms with van der Waals surface area (Å²) >= 11 is 1.04. The van der Waals surface area contributed by atoms with Crippen molar-refractivity contribution in [1.82, 2.24) is 0 Å². The number of benzene rings is 2. The van der Waals surface area contributed by atoms with Crippen LogP contribution in [0.3, 0.4) is 0 Å². The first-order valence-electron chi connectivity index (χ1n) is 8.20. The number of primary amides is 1. The fourth-order valence-electron chi connectivity index (χ4n) is 2.36. The fourth-order valence-corrected chi connectivity index (χ4v) is 3.13. The maximum absolute atomic E-state index is 12.5. The SMILES string of the molecule is COc1cc(COC(=O)c2ccccc2SCC(N)=O)c([N+](=O)[O-])cc1OC(F)F. The highest BCUT2D eigenvalue weighted by Crippen LogP contribution is 2.36. The molecule has 2 N–H and O–H groups in total. The molecule has 0 fully saturated rings. The summed E-state index contributed by atoms with van der Waals surface area (Å²) in [4.78, 5) is 34.4. The van der Waals surface area contributed by atoms with Gasteiger partial charge in [0.25, 0.3) is 5.69 Å². The number of rotatable bonds is 10. The number of methoxy groups -OCH3 is 1. The van der Waals surface area contributed by atoms with Crippen LogP contribution in [0.1, 0.15) is 15.9 Å². The Morgan fingerprint density at radius 3 is 2.53 bits per heavy atom. The van der Waals surface area contributed by atoms with Crippen LogP contribution in [0.15, 0.2) is 41.3 Å². The number of carbonyl (C=O) groups is 2. The zero-order valence-corrected chi connectivity index (χ0v) is 16.3. The van der Waals surface area contributed by atoms with Gasteiger partial charge in [-0.05, 0) is 18.2 Å². The molecule has 0 aliphatic heterocycles. The van der Waals surface area contributed by atoms with Gasteiger partial charge < -0.3 is 19.9 Å². The van der Waals surface area contributed by atoms with Gasteiger partial charge in [-0.15, -0.1) is 11.8 Å². The van der Waals surface area contributed by atoms with E-state index in [1.165, 1.54) is 13.2 Å². The maximum atomic E-state index is 12.5. The van der Waals surface area contributed by atoms with Gasteiger partial charge in [0.1, 0.15) is 6.61 Å². The standard InChI is InChI=1S/C18H16F2N2O7S/c1-27-13-6-10(12(22(25)26)7-14(13)29-18(19)20)8-28-17(24)11-4-2-3-5-15(11)30-9-16(21)23/h2-7,18H,8-9H2,1H3,(H2,21,23). The molecule has 0 heterocycles. The van der Waals surface area contributed by atoms with Crippen molar-refractivity contribution in [3.63, 3.8) is 0 Å². The molecular formula is C18H16F2N2O7S. The average molecular weight is 442 g/mol. The Morgan fingerprint density at radius 1 is 1.23 bits per heavy atom. The number of thioether (sulfide) groups is 1. The van der Waals surface area contributed by atoms with E-state index in [2.05, 4.69) is 4.74 Å². The number of amides is 1. The molecule has 9 nitrogen and oxygen atoms in total. The number of hydrogen-bond donors (Lipinski definition) is 1. The smallest absolute Gasteiger partial charge is 0.387 e. The van der Waals surface area contributed by atoms with Crippen molar-refractivity contribution < 1.29 is 37.5 Å².